The molecular formula is C13H23N3O. The average Bonchev–Trinajstić information content (AvgIpc) is 2.80. The minimum atomic E-state index is -0.160. The van der Waals surface area contributed by atoms with Crippen LogP contribution in [0.15, 0.2) is 4.52 Å². The molecule has 0 amide bonds. The van der Waals surface area contributed by atoms with Gasteiger partial charge in [0.15, 0.2) is 5.82 Å². The van der Waals surface area contributed by atoms with Crippen LogP contribution in [0, 0.1) is 5.92 Å². The quantitative estimate of drug-likeness (QED) is 0.873. The van der Waals surface area contributed by atoms with E-state index in [2.05, 4.69) is 17.1 Å². The fourth-order valence-corrected chi connectivity index (χ4v) is 2.72. The molecule has 0 aromatic carbocycles. The topological polar surface area (TPSA) is 64.9 Å². The van der Waals surface area contributed by atoms with Crippen molar-refractivity contribution in [2.75, 3.05) is 0 Å². The summed E-state index contributed by atoms with van der Waals surface area (Å²) in [5, 5.41) is 4.07. The minimum absolute atomic E-state index is 0.160. The van der Waals surface area contributed by atoms with Crippen LogP contribution in [0.5, 0.6) is 0 Å². The van der Waals surface area contributed by atoms with Crippen molar-refractivity contribution >= 4 is 0 Å². The van der Waals surface area contributed by atoms with E-state index in [1.807, 2.05) is 6.92 Å². The maximum atomic E-state index is 5.72. The maximum absolute atomic E-state index is 5.72. The normalized spacial score (nSPS) is 27.0. The number of hydrogen-bond donors (Lipinski definition) is 1. The van der Waals surface area contributed by atoms with Crippen LogP contribution in [-0.2, 0) is 0 Å². The molecule has 0 spiro atoms. The largest absolute Gasteiger partial charge is 0.338 e. The Morgan fingerprint density at radius 2 is 2.06 bits per heavy atom. The second-order valence-electron chi connectivity index (χ2n) is 5.29. The van der Waals surface area contributed by atoms with Gasteiger partial charge in [0.25, 0.3) is 0 Å². The molecule has 1 aromatic rings. The summed E-state index contributed by atoms with van der Waals surface area (Å²) in [6.45, 7) is 4.13. The van der Waals surface area contributed by atoms with Crippen LogP contribution in [0.25, 0.3) is 0 Å². The third-order valence-electron chi connectivity index (χ3n) is 3.76. The van der Waals surface area contributed by atoms with E-state index in [4.69, 9.17) is 10.3 Å². The first-order valence-corrected chi connectivity index (χ1v) is 6.79. The lowest BCUT2D eigenvalue weighted by atomic mass is 9.80. The monoisotopic (exact) mass is 237 g/mol. The third kappa shape index (κ3) is 3.06. The first kappa shape index (κ1) is 12.6. The molecule has 96 valence electrons. The van der Waals surface area contributed by atoms with E-state index >= 15 is 0 Å². The number of rotatable bonds is 4. The molecule has 1 atom stereocenters. The molecule has 0 bridgehead atoms. The summed E-state index contributed by atoms with van der Waals surface area (Å²) in [5.74, 6) is 2.83. The van der Waals surface area contributed by atoms with Gasteiger partial charge < -0.3 is 10.3 Å². The summed E-state index contributed by atoms with van der Waals surface area (Å²) in [4.78, 5) is 4.40. The van der Waals surface area contributed by atoms with Crippen molar-refractivity contribution in [3.05, 3.63) is 11.7 Å². The van der Waals surface area contributed by atoms with E-state index in [0.29, 0.717) is 11.8 Å². The number of hydrogen-bond acceptors (Lipinski definition) is 4. The molecule has 0 aliphatic heterocycles. The Morgan fingerprint density at radius 3 is 2.59 bits per heavy atom. The van der Waals surface area contributed by atoms with E-state index in [1.165, 1.54) is 38.5 Å². The van der Waals surface area contributed by atoms with Crippen LogP contribution >= 0.6 is 0 Å². The molecule has 4 heteroatoms. The molecule has 1 aliphatic carbocycles. The number of nitrogens with zero attached hydrogens (tertiary/aromatic N) is 2. The van der Waals surface area contributed by atoms with Crippen molar-refractivity contribution in [1.29, 1.82) is 0 Å². The zero-order chi connectivity index (χ0) is 12.3. The van der Waals surface area contributed by atoms with Crippen LogP contribution in [-0.4, -0.2) is 10.1 Å². The van der Waals surface area contributed by atoms with Gasteiger partial charge in [0.1, 0.15) is 0 Å². The van der Waals surface area contributed by atoms with Crippen LogP contribution < -0.4 is 5.73 Å². The lowest BCUT2D eigenvalue weighted by molar-refractivity contribution is 0.294. The van der Waals surface area contributed by atoms with Gasteiger partial charge in [-0.25, -0.2) is 0 Å². The van der Waals surface area contributed by atoms with Gasteiger partial charge in [-0.05, 0) is 38.5 Å². The van der Waals surface area contributed by atoms with E-state index in [1.54, 1.807) is 0 Å². The van der Waals surface area contributed by atoms with Crippen molar-refractivity contribution in [3.8, 4) is 0 Å². The van der Waals surface area contributed by atoms with Crippen molar-refractivity contribution in [1.82, 2.24) is 10.1 Å². The molecule has 0 unspecified atom stereocenters. The highest BCUT2D eigenvalue weighted by molar-refractivity contribution is 4.99. The molecule has 0 saturated heterocycles. The van der Waals surface area contributed by atoms with Gasteiger partial charge in [-0.3, -0.25) is 0 Å². The van der Waals surface area contributed by atoms with Crippen molar-refractivity contribution in [3.63, 3.8) is 0 Å². The third-order valence-corrected chi connectivity index (χ3v) is 3.76. The molecule has 1 heterocycles. The van der Waals surface area contributed by atoms with Crippen LogP contribution in [0.3, 0.4) is 0 Å². The Kier molecular flexibility index (Phi) is 4.15. The molecule has 2 rings (SSSR count). The van der Waals surface area contributed by atoms with Crippen LogP contribution in [0.4, 0.5) is 0 Å². The summed E-state index contributed by atoms with van der Waals surface area (Å²) in [5.41, 5.74) is 5.72. The standard InChI is InChI=1S/C13H23N3O/c1-3-4-10-5-7-11(8-6-10)12-15-13(9(2)14)17-16-12/h9-11H,3-8,14H2,1-2H3/t9-,10?,11?/m0/s1. The summed E-state index contributed by atoms with van der Waals surface area (Å²) < 4.78 is 5.17. The predicted molar refractivity (Wildman–Crippen MR) is 66.5 cm³/mol. The predicted octanol–water partition coefficient (Wildman–Crippen LogP) is 3.16. The molecule has 17 heavy (non-hydrogen) atoms. The van der Waals surface area contributed by atoms with Gasteiger partial charge in [0, 0.05) is 5.92 Å². The van der Waals surface area contributed by atoms with Gasteiger partial charge in [-0.15, -0.1) is 0 Å². The van der Waals surface area contributed by atoms with Crippen molar-refractivity contribution in [2.45, 2.75) is 64.3 Å². The number of nitrogens with two attached hydrogens (primary N) is 1. The highest BCUT2D eigenvalue weighted by Gasteiger charge is 2.25. The summed E-state index contributed by atoms with van der Waals surface area (Å²) >= 11 is 0. The van der Waals surface area contributed by atoms with Crippen LogP contribution in [0.2, 0.25) is 0 Å². The van der Waals surface area contributed by atoms with E-state index < -0.39 is 0 Å². The Bertz CT molecular complexity index is 340. The average molecular weight is 237 g/mol. The first-order chi connectivity index (χ1) is 8.20. The maximum Gasteiger partial charge on any atom is 0.243 e. The Labute approximate surface area is 103 Å². The second-order valence-corrected chi connectivity index (χ2v) is 5.29. The van der Waals surface area contributed by atoms with Crippen LogP contribution in [0.1, 0.15) is 76.0 Å². The molecule has 1 aromatic heterocycles. The van der Waals surface area contributed by atoms with Gasteiger partial charge in [-0.2, -0.15) is 4.98 Å². The fourth-order valence-electron chi connectivity index (χ4n) is 2.72. The smallest absolute Gasteiger partial charge is 0.243 e. The molecule has 4 nitrogen and oxygen atoms in total. The number of aromatic nitrogens is 2. The molecule has 2 N–H and O–H groups in total. The zero-order valence-electron chi connectivity index (χ0n) is 10.9. The Morgan fingerprint density at radius 1 is 1.35 bits per heavy atom. The lowest BCUT2D eigenvalue weighted by Gasteiger charge is -2.26. The highest BCUT2D eigenvalue weighted by atomic mass is 16.5. The Balaban J connectivity index is 1.91. The highest BCUT2D eigenvalue weighted by Crippen LogP contribution is 2.36. The van der Waals surface area contributed by atoms with E-state index in [9.17, 15) is 0 Å². The van der Waals surface area contributed by atoms with Crippen molar-refractivity contribution < 1.29 is 4.52 Å². The summed E-state index contributed by atoms with van der Waals surface area (Å²) in [7, 11) is 0. The minimum Gasteiger partial charge on any atom is -0.338 e. The van der Waals surface area contributed by atoms with Gasteiger partial charge >= 0.3 is 0 Å². The molecule has 1 aliphatic rings. The SMILES string of the molecule is CCCC1CCC(c2noc([C@H](C)N)n2)CC1. The van der Waals surface area contributed by atoms with Gasteiger partial charge in [0.05, 0.1) is 6.04 Å². The Hall–Kier alpha value is -0.900. The van der Waals surface area contributed by atoms with E-state index in [0.717, 1.165) is 11.7 Å². The lowest BCUT2D eigenvalue weighted by Crippen LogP contribution is -2.14. The summed E-state index contributed by atoms with van der Waals surface area (Å²) in [6.07, 6.45) is 7.67. The molecular weight excluding hydrogens is 214 g/mol. The van der Waals surface area contributed by atoms with E-state index in [-0.39, 0.29) is 6.04 Å². The molecule has 1 saturated carbocycles. The van der Waals surface area contributed by atoms with Gasteiger partial charge in [0.2, 0.25) is 5.89 Å². The van der Waals surface area contributed by atoms with Crippen molar-refractivity contribution in [2.24, 2.45) is 11.7 Å². The fraction of sp³-hybridized carbons (Fsp3) is 0.846. The molecule has 0 radical (unpaired) electrons. The molecule has 1 fully saturated rings. The first-order valence-electron chi connectivity index (χ1n) is 6.79. The summed E-state index contributed by atoms with van der Waals surface area (Å²) in [6, 6.07) is -0.160. The second kappa shape index (κ2) is 5.63. The zero-order valence-corrected chi connectivity index (χ0v) is 10.9. The van der Waals surface area contributed by atoms with Gasteiger partial charge in [-0.1, -0.05) is 24.9 Å².